The van der Waals surface area contributed by atoms with E-state index < -0.39 is 5.97 Å². The van der Waals surface area contributed by atoms with Crippen LogP contribution in [0.4, 0.5) is 5.69 Å². The lowest BCUT2D eigenvalue weighted by molar-refractivity contribution is -0.124. The number of hydrogen-bond acceptors (Lipinski definition) is 6. The van der Waals surface area contributed by atoms with Crippen LogP contribution in [0.2, 0.25) is 0 Å². The Bertz CT molecular complexity index is 1120. The third-order valence-corrected chi connectivity index (χ3v) is 8.04. The second-order valence-corrected chi connectivity index (χ2v) is 9.64. The highest BCUT2D eigenvalue weighted by Crippen LogP contribution is 2.65. The van der Waals surface area contributed by atoms with Crippen molar-refractivity contribution in [2.24, 2.45) is 35.5 Å². The topological polar surface area (TPSA) is 80.8 Å². The van der Waals surface area contributed by atoms with Crippen molar-refractivity contribution in [3.8, 4) is 0 Å². The number of thiophene rings is 1. The van der Waals surface area contributed by atoms with Crippen molar-refractivity contribution in [1.29, 1.82) is 0 Å². The quantitative estimate of drug-likeness (QED) is 0.313. The lowest BCUT2D eigenvalue weighted by Crippen LogP contribution is -2.40. The van der Waals surface area contributed by atoms with Crippen LogP contribution in [0, 0.1) is 35.5 Å². The summed E-state index contributed by atoms with van der Waals surface area (Å²) >= 11 is 1.29. The van der Waals surface area contributed by atoms with Crippen molar-refractivity contribution in [3.63, 3.8) is 0 Å². The SMILES string of the molecule is O=C(OCC(=O)c1cccs1)c1cccc(N2C(=O)[C@@H]3[C@@H]4C=C[C@H]([C@H]5C[C@H]45)[C@@H]3C2=O)c1. The highest BCUT2D eigenvalue weighted by atomic mass is 32.1. The number of anilines is 1. The van der Waals surface area contributed by atoms with Gasteiger partial charge in [0.2, 0.25) is 17.6 Å². The van der Waals surface area contributed by atoms with Gasteiger partial charge in [0.15, 0.2) is 6.61 Å². The standard InChI is InChI=1S/C24H19NO5S/c26-18(19-5-2-8-31-19)11-30-24(29)12-3-1-4-13(9-12)25-22(27)20-14-6-7-15(17-10-16(14)17)21(20)23(25)28/h1-9,14-17,20-21H,10-11H2/t14-,15-,16-,17-,20-,21+/m1/s1. The average molecular weight is 433 g/mol. The largest absolute Gasteiger partial charge is 0.454 e. The molecule has 0 N–H and O–H groups in total. The van der Waals surface area contributed by atoms with Gasteiger partial charge in [-0.15, -0.1) is 11.3 Å². The molecule has 31 heavy (non-hydrogen) atoms. The van der Waals surface area contributed by atoms with E-state index in [0.717, 1.165) is 6.42 Å². The Morgan fingerprint density at radius 1 is 1.00 bits per heavy atom. The predicted molar refractivity (Wildman–Crippen MR) is 113 cm³/mol. The third kappa shape index (κ3) is 2.76. The number of amides is 2. The number of nitrogens with zero attached hydrogens (tertiary/aromatic N) is 1. The number of ether oxygens (including phenoxy) is 1. The molecule has 4 aliphatic carbocycles. The van der Waals surface area contributed by atoms with Crippen LogP contribution in [0.3, 0.4) is 0 Å². The number of carbonyl (C=O) groups excluding carboxylic acids is 4. The van der Waals surface area contributed by atoms with Gasteiger partial charge in [0, 0.05) is 0 Å². The molecule has 0 unspecified atom stereocenters. The van der Waals surface area contributed by atoms with Crippen LogP contribution in [0.25, 0.3) is 0 Å². The summed E-state index contributed by atoms with van der Waals surface area (Å²) in [4.78, 5) is 52.8. The molecule has 1 aromatic heterocycles. The van der Waals surface area contributed by atoms with Crippen molar-refractivity contribution in [3.05, 3.63) is 64.4 Å². The first-order valence-electron chi connectivity index (χ1n) is 10.4. The Balaban J connectivity index is 1.21. The van der Waals surface area contributed by atoms with Crippen LogP contribution in [0.15, 0.2) is 53.9 Å². The van der Waals surface area contributed by atoms with Crippen LogP contribution in [-0.2, 0) is 14.3 Å². The van der Waals surface area contributed by atoms with E-state index >= 15 is 0 Å². The Morgan fingerprint density at radius 3 is 2.35 bits per heavy atom. The molecule has 2 saturated carbocycles. The number of imide groups is 1. The molecule has 0 spiro atoms. The molecule has 5 aliphatic rings. The zero-order chi connectivity index (χ0) is 21.3. The summed E-state index contributed by atoms with van der Waals surface area (Å²) in [6.45, 7) is -0.354. The molecule has 6 atom stereocenters. The van der Waals surface area contributed by atoms with E-state index in [0.29, 0.717) is 22.4 Å². The van der Waals surface area contributed by atoms with Gasteiger partial charge in [-0.25, -0.2) is 9.69 Å². The predicted octanol–water partition coefficient (Wildman–Crippen LogP) is 3.35. The van der Waals surface area contributed by atoms with Gasteiger partial charge < -0.3 is 4.74 Å². The van der Waals surface area contributed by atoms with Crippen LogP contribution >= 0.6 is 11.3 Å². The maximum absolute atomic E-state index is 13.2. The minimum atomic E-state index is -0.661. The molecule has 156 valence electrons. The van der Waals surface area contributed by atoms with Gasteiger partial charge in [0.25, 0.3) is 0 Å². The van der Waals surface area contributed by atoms with E-state index in [-0.39, 0.29) is 53.4 Å². The second-order valence-electron chi connectivity index (χ2n) is 8.69. The number of Topliss-reactive ketones (excluding diaryl/α,β-unsaturated/α-hetero) is 1. The fourth-order valence-corrected chi connectivity index (χ4v) is 6.36. The van der Waals surface area contributed by atoms with Gasteiger partial charge in [-0.3, -0.25) is 14.4 Å². The van der Waals surface area contributed by atoms with Gasteiger partial charge in [0.1, 0.15) is 0 Å². The average Bonchev–Trinajstić information content (AvgIpc) is 3.35. The molecule has 3 fully saturated rings. The summed E-state index contributed by atoms with van der Waals surface area (Å²) in [5.74, 6) is -0.464. The molecule has 7 heteroatoms. The first kappa shape index (κ1) is 18.7. The van der Waals surface area contributed by atoms with Crippen LogP contribution in [0.1, 0.15) is 26.5 Å². The molecule has 2 bridgehead atoms. The van der Waals surface area contributed by atoms with E-state index in [4.69, 9.17) is 4.74 Å². The Kier molecular flexibility index (Phi) is 4.05. The summed E-state index contributed by atoms with van der Waals surface area (Å²) in [5, 5.41) is 1.78. The lowest BCUT2D eigenvalue weighted by Gasteiger charge is -2.37. The Hall–Kier alpha value is -3.06. The Morgan fingerprint density at radius 2 is 1.71 bits per heavy atom. The van der Waals surface area contributed by atoms with Crippen LogP contribution in [0.5, 0.6) is 0 Å². The summed E-state index contributed by atoms with van der Waals surface area (Å²) in [7, 11) is 0. The molecule has 1 saturated heterocycles. The number of rotatable bonds is 5. The smallest absolute Gasteiger partial charge is 0.338 e. The zero-order valence-corrected chi connectivity index (χ0v) is 17.3. The fraction of sp³-hybridized carbons (Fsp3) is 0.333. The first-order valence-corrected chi connectivity index (χ1v) is 11.3. The molecule has 2 amide bonds. The minimum Gasteiger partial charge on any atom is -0.454 e. The molecular weight excluding hydrogens is 414 g/mol. The minimum absolute atomic E-state index is 0.151. The fourth-order valence-electron chi connectivity index (χ4n) is 5.71. The van der Waals surface area contributed by atoms with Gasteiger partial charge in [-0.2, -0.15) is 0 Å². The maximum Gasteiger partial charge on any atom is 0.338 e. The lowest BCUT2D eigenvalue weighted by atomic mass is 9.63. The number of carbonyl (C=O) groups is 4. The van der Waals surface area contributed by atoms with Gasteiger partial charge >= 0.3 is 5.97 Å². The highest BCUT2D eigenvalue weighted by Gasteiger charge is 2.67. The van der Waals surface area contributed by atoms with Crippen molar-refractivity contribution in [2.45, 2.75) is 6.42 Å². The monoisotopic (exact) mass is 433 g/mol. The van der Waals surface area contributed by atoms with Crippen molar-refractivity contribution < 1.29 is 23.9 Å². The summed E-state index contributed by atoms with van der Waals surface area (Å²) in [6, 6.07) is 9.78. The number of benzene rings is 1. The normalized spacial score (nSPS) is 32.1. The summed E-state index contributed by atoms with van der Waals surface area (Å²) in [6.07, 6.45) is 5.38. The molecule has 2 aromatic rings. The van der Waals surface area contributed by atoms with E-state index in [2.05, 4.69) is 12.2 Å². The van der Waals surface area contributed by atoms with Crippen LogP contribution in [-0.4, -0.2) is 30.2 Å². The molecular formula is C24H19NO5S. The molecule has 2 heterocycles. The highest BCUT2D eigenvalue weighted by molar-refractivity contribution is 7.12. The van der Waals surface area contributed by atoms with Crippen molar-refractivity contribution in [2.75, 3.05) is 11.5 Å². The van der Waals surface area contributed by atoms with E-state index in [1.54, 1.807) is 35.7 Å². The second kappa shape index (κ2) is 6.72. The van der Waals surface area contributed by atoms with Crippen molar-refractivity contribution >= 4 is 40.6 Å². The molecule has 0 radical (unpaired) electrons. The molecule has 1 aromatic carbocycles. The Labute approximate surface area is 182 Å². The number of allylic oxidation sites excluding steroid dienone is 2. The van der Waals surface area contributed by atoms with Gasteiger partial charge in [-0.05, 0) is 59.7 Å². The number of hydrogen-bond donors (Lipinski definition) is 0. The van der Waals surface area contributed by atoms with Crippen LogP contribution < -0.4 is 4.90 Å². The maximum atomic E-state index is 13.2. The summed E-state index contributed by atoms with van der Waals surface area (Å²) < 4.78 is 5.16. The van der Waals surface area contributed by atoms with E-state index in [9.17, 15) is 19.2 Å². The number of ketones is 1. The molecule has 7 rings (SSSR count). The molecule has 1 aliphatic heterocycles. The van der Waals surface area contributed by atoms with E-state index in [1.165, 1.54) is 22.3 Å². The summed E-state index contributed by atoms with van der Waals surface area (Å²) in [5.41, 5.74) is 0.590. The number of esters is 1. The first-order chi connectivity index (χ1) is 15.0. The van der Waals surface area contributed by atoms with E-state index in [1.807, 2.05) is 0 Å². The van der Waals surface area contributed by atoms with Gasteiger partial charge in [-0.1, -0.05) is 24.3 Å². The third-order valence-electron chi connectivity index (χ3n) is 7.13. The van der Waals surface area contributed by atoms with Gasteiger partial charge in [0.05, 0.1) is 28.0 Å². The molecule has 6 nitrogen and oxygen atoms in total. The zero-order valence-electron chi connectivity index (χ0n) is 16.5. The van der Waals surface area contributed by atoms with Crippen molar-refractivity contribution in [1.82, 2.24) is 0 Å².